The highest BCUT2D eigenvalue weighted by atomic mass is 35.5. The Morgan fingerprint density at radius 2 is 1.97 bits per heavy atom. The zero-order valence-corrected chi connectivity index (χ0v) is 22.2. The Balaban J connectivity index is 1.76. The molecule has 0 radical (unpaired) electrons. The highest BCUT2D eigenvalue weighted by Gasteiger charge is 2.27. The van der Waals surface area contributed by atoms with Gasteiger partial charge in [0.2, 0.25) is 0 Å². The second-order valence-corrected chi connectivity index (χ2v) is 12.5. The molecule has 2 aromatic heterocycles. The number of halogens is 5. The molecule has 0 bridgehead atoms. The maximum atomic E-state index is 14.8. The molecule has 0 aliphatic heterocycles. The molecule has 0 atom stereocenters. The first kappa shape index (κ1) is 28.1. The lowest BCUT2D eigenvalue weighted by molar-refractivity contribution is -0.0442. The third kappa shape index (κ3) is 7.29. The second-order valence-electron chi connectivity index (χ2n) is 8.37. The van der Waals surface area contributed by atoms with Crippen molar-refractivity contribution in [3.8, 4) is 11.5 Å². The van der Waals surface area contributed by atoms with Gasteiger partial charge < -0.3 is 29.8 Å². The van der Waals surface area contributed by atoms with Crippen LogP contribution in [0.3, 0.4) is 0 Å². The van der Waals surface area contributed by atoms with Crippen LogP contribution in [0.25, 0.3) is 11.0 Å². The number of rotatable bonds is 11. The lowest BCUT2D eigenvalue weighted by Crippen LogP contribution is -2.40. The Morgan fingerprint density at radius 3 is 2.61 bits per heavy atom. The van der Waals surface area contributed by atoms with Crippen LogP contribution in [-0.2, 0) is 11.5 Å². The number of alkyl halides is 2. The summed E-state index contributed by atoms with van der Waals surface area (Å²) < 4.78 is 68.7. The molecule has 0 saturated carbocycles. The van der Waals surface area contributed by atoms with Gasteiger partial charge in [-0.15, -0.1) is 0 Å². The molecule has 0 fully saturated rings. The molecular formula is C22H25ClF4N4O3SSi. The van der Waals surface area contributed by atoms with Crippen LogP contribution < -0.4 is 15.4 Å². The van der Waals surface area contributed by atoms with E-state index in [1.807, 2.05) is 0 Å². The number of nitrogens with one attached hydrogen (secondary N) is 2. The SMILES string of the molecule is C[SiH](C)CCOCn1cc(Cl)c2c(Oc3c(F)cc(NC(=S)NCC(F)(F)CO)cc3F)ccnc21. The van der Waals surface area contributed by atoms with E-state index in [2.05, 4.69) is 28.7 Å². The van der Waals surface area contributed by atoms with Crippen LogP contribution in [0.1, 0.15) is 0 Å². The van der Waals surface area contributed by atoms with Gasteiger partial charge in [-0.2, -0.15) is 0 Å². The number of hydrogen-bond donors (Lipinski definition) is 3. The molecule has 1 aromatic carbocycles. The van der Waals surface area contributed by atoms with Gasteiger partial charge >= 0.3 is 0 Å². The number of aliphatic hydroxyl groups is 1. The summed E-state index contributed by atoms with van der Waals surface area (Å²) in [5.74, 6) is -6.15. The quantitative estimate of drug-likeness (QED) is 0.129. The molecule has 0 aliphatic carbocycles. The number of thiocarbonyl (C=S) groups is 1. The normalized spacial score (nSPS) is 11.8. The first-order chi connectivity index (χ1) is 17.0. The fourth-order valence-corrected chi connectivity index (χ4v) is 4.21. The van der Waals surface area contributed by atoms with Crippen molar-refractivity contribution in [1.29, 1.82) is 0 Å². The van der Waals surface area contributed by atoms with Crippen molar-refractivity contribution in [2.24, 2.45) is 0 Å². The lowest BCUT2D eigenvalue weighted by atomic mass is 10.2. The molecule has 36 heavy (non-hydrogen) atoms. The van der Waals surface area contributed by atoms with Gasteiger partial charge in [-0.05, 0) is 24.3 Å². The predicted molar refractivity (Wildman–Crippen MR) is 137 cm³/mol. The van der Waals surface area contributed by atoms with Crippen LogP contribution in [0.15, 0.2) is 30.6 Å². The summed E-state index contributed by atoms with van der Waals surface area (Å²) in [6.45, 7) is 2.94. The van der Waals surface area contributed by atoms with Crippen LogP contribution >= 0.6 is 23.8 Å². The largest absolute Gasteiger partial charge is 0.450 e. The molecule has 2 heterocycles. The van der Waals surface area contributed by atoms with Crippen LogP contribution in [-0.4, -0.2) is 54.2 Å². The molecule has 0 aliphatic rings. The zero-order valence-electron chi connectivity index (χ0n) is 19.5. The molecule has 7 nitrogen and oxygen atoms in total. The van der Waals surface area contributed by atoms with Crippen LogP contribution in [0.4, 0.5) is 23.2 Å². The summed E-state index contributed by atoms with van der Waals surface area (Å²) in [6, 6.07) is 4.24. The molecule has 3 rings (SSSR count). The van der Waals surface area contributed by atoms with E-state index >= 15 is 0 Å². The molecular weight excluding hydrogens is 540 g/mol. The number of anilines is 1. The van der Waals surface area contributed by atoms with E-state index in [1.165, 1.54) is 12.3 Å². The van der Waals surface area contributed by atoms with E-state index in [4.69, 9.17) is 38.4 Å². The minimum absolute atomic E-state index is 0.0836. The minimum Gasteiger partial charge on any atom is -0.450 e. The van der Waals surface area contributed by atoms with Crippen molar-refractivity contribution in [2.75, 3.05) is 25.1 Å². The Labute approximate surface area is 217 Å². The van der Waals surface area contributed by atoms with Crippen molar-refractivity contribution in [2.45, 2.75) is 31.8 Å². The number of aliphatic hydroxyl groups excluding tert-OH is 1. The third-order valence-corrected chi connectivity index (χ3v) is 6.87. The van der Waals surface area contributed by atoms with Crippen LogP contribution in [0.5, 0.6) is 11.5 Å². The predicted octanol–water partition coefficient (Wildman–Crippen LogP) is 5.14. The van der Waals surface area contributed by atoms with Crippen molar-refractivity contribution >= 4 is 54.4 Å². The molecule has 3 N–H and O–H groups in total. The first-order valence-corrected chi connectivity index (χ1v) is 14.8. The van der Waals surface area contributed by atoms with Gasteiger partial charge in [-0.25, -0.2) is 22.5 Å². The van der Waals surface area contributed by atoms with E-state index in [-0.39, 0.29) is 28.3 Å². The standard InChI is InChI=1S/C22H25ClF4N4O3SSi/c1-36(2)6-5-33-12-31-9-14(23)18-17(3-4-28-20(18)31)34-19-15(24)7-13(8-16(19)25)30-21(35)29-10-22(26,27)11-32/h3-4,7-9,32,36H,5-6,10-12H2,1-2H3,(H2,29,30,35). The molecule has 0 amide bonds. The topological polar surface area (TPSA) is 80.6 Å². The molecule has 0 saturated heterocycles. The number of aromatic nitrogens is 2. The number of nitrogens with zero attached hydrogens (tertiary/aromatic N) is 2. The average Bonchev–Trinajstić information content (AvgIpc) is 3.14. The molecule has 0 spiro atoms. The van der Waals surface area contributed by atoms with Gasteiger partial charge in [0.1, 0.15) is 24.7 Å². The summed E-state index contributed by atoms with van der Waals surface area (Å²) >= 11 is 11.2. The van der Waals surface area contributed by atoms with Gasteiger partial charge in [0.15, 0.2) is 22.5 Å². The summed E-state index contributed by atoms with van der Waals surface area (Å²) in [5.41, 5.74) is 0.294. The molecule has 0 unspecified atom stereocenters. The maximum absolute atomic E-state index is 14.8. The fraction of sp³-hybridized carbons (Fsp3) is 0.364. The van der Waals surface area contributed by atoms with Gasteiger partial charge in [0, 0.05) is 45.6 Å². The van der Waals surface area contributed by atoms with Crippen molar-refractivity contribution < 1.29 is 32.1 Å². The average molecular weight is 565 g/mol. The second kappa shape index (κ2) is 12.2. The number of hydrogen-bond acceptors (Lipinski definition) is 5. The van der Waals surface area contributed by atoms with Gasteiger partial charge in [0.05, 0.1) is 17.0 Å². The Bertz CT molecular complexity index is 1210. The van der Waals surface area contributed by atoms with E-state index in [9.17, 15) is 17.6 Å². The zero-order chi connectivity index (χ0) is 26.5. The minimum atomic E-state index is -3.40. The molecule has 3 aromatic rings. The van der Waals surface area contributed by atoms with Gasteiger partial charge in [-0.3, -0.25) is 0 Å². The summed E-state index contributed by atoms with van der Waals surface area (Å²) in [7, 11) is -0.744. The highest BCUT2D eigenvalue weighted by molar-refractivity contribution is 7.80. The summed E-state index contributed by atoms with van der Waals surface area (Å²) in [4.78, 5) is 4.29. The molecule has 14 heteroatoms. The van der Waals surface area contributed by atoms with Gasteiger partial charge in [-0.1, -0.05) is 24.7 Å². The third-order valence-electron chi connectivity index (χ3n) is 4.95. The smallest absolute Gasteiger partial charge is 0.287 e. The summed E-state index contributed by atoms with van der Waals surface area (Å²) in [5, 5.41) is 13.5. The fourth-order valence-electron chi connectivity index (χ4n) is 3.08. The first-order valence-electron chi connectivity index (χ1n) is 10.9. The van der Waals surface area contributed by atoms with Crippen LogP contribution in [0, 0.1) is 11.6 Å². The number of ether oxygens (including phenoxy) is 2. The Hall–Kier alpha value is -2.45. The Morgan fingerprint density at radius 1 is 1.28 bits per heavy atom. The van der Waals surface area contributed by atoms with Crippen molar-refractivity contribution in [3.05, 3.63) is 47.2 Å². The monoisotopic (exact) mass is 564 g/mol. The van der Waals surface area contributed by atoms with Crippen molar-refractivity contribution in [1.82, 2.24) is 14.9 Å². The number of benzene rings is 1. The number of fused-ring (bicyclic) bond motifs is 1. The summed E-state index contributed by atoms with van der Waals surface area (Å²) in [6.07, 6.45) is 3.02. The highest BCUT2D eigenvalue weighted by Crippen LogP contribution is 2.37. The number of pyridine rings is 1. The van der Waals surface area contributed by atoms with Crippen LogP contribution in [0.2, 0.25) is 24.2 Å². The van der Waals surface area contributed by atoms with Gasteiger partial charge in [0.25, 0.3) is 5.92 Å². The molecule has 196 valence electrons. The van der Waals surface area contributed by atoms with E-state index in [0.717, 1.165) is 18.2 Å². The van der Waals surface area contributed by atoms with E-state index < -0.39 is 45.3 Å². The van der Waals surface area contributed by atoms with Crippen molar-refractivity contribution in [3.63, 3.8) is 0 Å². The maximum Gasteiger partial charge on any atom is 0.287 e. The van der Waals surface area contributed by atoms with E-state index in [1.54, 1.807) is 10.8 Å². The lowest BCUT2D eigenvalue weighted by Gasteiger charge is -2.17. The van der Waals surface area contributed by atoms with E-state index in [0.29, 0.717) is 17.6 Å². The Kier molecular flexibility index (Phi) is 9.52.